The van der Waals surface area contributed by atoms with Crippen molar-refractivity contribution in [3.05, 3.63) is 17.7 Å². The molecule has 1 rings (SSSR count). The normalized spacial score (nSPS) is 12.2. The second-order valence-corrected chi connectivity index (χ2v) is 5.30. The zero-order valence-corrected chi connectivity index (χ0v) is 12.1. The van der Waals surface area contributed by atoms with E-state index in [1.807, 2.05) is 23.9 Å². The van der Waals surface area contributed by atoms with Gasteiger partial charge in [0.25, 0.3) is 0 Å². The Kier molecular flexibility index (Phi) is 6.15. The van der Waals surface area contributed by atoms with Crippen molar-refractivity contribution in [2.75, 3.05) is 27.0 Å². The van der Waals surface area contributed by atoms with E-state index in [9.17, 15) is 5.11 Å². The number of ether oxygens (including phenoxy) is 2. The van der Waals surface area contributed by atoms with Gasteiger partial charge in [-0.2, -0.15) is 11.8 Å². The number of benzene rings is 1. The Morgan fingerprint density at radius 1 is 1.28 bits per heavy atom. The number of phenolic OH excluding ortho intramolecular Hbond substituents is 1. The highest BCUT2D eigenvalue weighted by Crippen LogP contribution is 2.36. The lowest BCUT2D eigenvalue weighted by Crippen LogP contribution is -2.22. The van der Waals surface area contributed by atoms with Gasteiger partial charge in [-0.1, -0.05) is 6.92 Å². The molecule has 4 nitrogen and oxygen atoms in total. The van der Waals surface area contributed by atoms with E-state index in [1.54, 1.807) is 0 Å². The van der Waals surface area contributed by atoms with Crippen molar-refractivity contribution in [3.8, 4) is 17.2 Å². The van der Waals surface area contributed by atoms with Crippen LogP contribution in [0.4, 0.5) is 0 Å². The quantitative estimate of drug-likeness (QED) is 0.796. The van der Waals surface area contributed by atoms with Crippen LogP contribution in [-0.4, -0.2) is 37.4 Å². The number of rotatable bonds is 7. The summed E-state index contributed by atoms with van der Waals surface area (Å²) in [5.41, 5.74) is 1.02. The number of hydrogen-bond acceptors (Lipinski definition) is 5. The van der Waals surface area contributed by atoms with Crippen LogP contribution < -0.4 is 14.8 Å². The fourth-order valence-electron chi connectivity index (χ4n) is 1.55. The third-order valence-electron chi connectivity index (χ3n) is 2.70. The molecule has 102 valence electrons. The number of hydrogen-bond donors (Lipinski definition) is 2. The molecule has 5 heteroatoms. The number of methoxy groups -OCH3 is 2. The molecule has 0 heterocycles. The van der Waals surface area contributed by atoms with Crippen molar-refractivity contribution in [3.63, 3.8) is 0 Å². The van der Waals surface area contributed by atoms with Crippen LogP contribution in [-0.2, 0) is 6.54 Å². The fraction of sp³-hybridized carbons (Fsp3) is 0.538. The Labute approximate surface area is 113 Å². The van der Waals surface area contributed by atoms with Crippen molar-refractivity contribution in [1.29, 1.82) is 0 Å². The van der Waals surface area contributed by atoms with Crippen molar-refractivity contribution in [2.45, 2.75) is 18.7 Å². The average Bonchev–Trinajstić information content (AvgIpc) is 2.39. The molecule has 0 aliphatic carbocycles. The van der Waals surface area contributed by atoms with E-state index in [0.29, 0.717) is 16.7 Å². The monoisotopic (exact) mass is 271 g/mol. The van der Waals surface area contributed by atoms with Gasteiger partial charge < -0.3 is 19.9 Å². The molecule has 0 saturated heterocycles. The minimum Gasteiger partial charge on any atom is -0.502 e. The largest absolute Gasteiger partial charge is 0.502 e. The molecule has 0 aromatic heterocycles. The third-order valence-corrected chi connectivity index (χ3v) is 3.67. The van der Waals surface area contributed by atoms with E-state index in [4.69, 9.17) is 9.47 Å². The zero-order valence-electron chi connectivity index (χ0n) is 11.3. The molecule has 0 fully saturated rings. The van der Waals surface area contributed by atoms with Gasteiger partial charge >= 0.3 is 0 Å². The SMILES string of the molecule is COc1cc(CNCC(C)SC)cc(OC)c1O. The molecule has 2 N–H and O–H groups in total. The second-order valence-electron chi connectivity index (χ2n) is 4.03. The lowest BCUT2D eigenvalue weighted by Gasteiger charge is -2.13. The van der Waals surface area contributed by atoms with Crippen LogP contribution >= 0.6 is 11.8 Å². The van der Waals surface area contributed by atoms with Crippen LogP contribution in [0.3, 0.4) is 0 Å². The number of thioether (sulfide) groups is 1. The Hall–Kier alpha value is -1.07. The van der Waals surface area contributed by atoms with Gasteiger partial charge in [-0.05, 0) is 24.0 Å². The molecule has 0 aliphatic heterocycles. The second kappa shape index (κ2) is 7.38. The number of nitrogens with one attached hydrogen (secondary N) is 1. The third kappa shape index (κ3) is 3.99. The summed E-state index contributed by atoms with van der Waals surface area (Å²) in [6.07, 6.45) is 2.10. The van der Waals surface area contributed by atoms with E-state index >= 15 is 0 Å². The topological polar surface area (TPSA) is 50.7 Å². The molecule has 0 saturated carbocycles. The predicted octanol–water partition coefficient (Wildman–Crippen LogP) is 2.25. The molecule has 1 aromatic rings. The average molecular weight is 271 g/mol. The van der Waals surface area contributed by atoms with Crippen LogP contribution in [0.1, 0.15) is 12.5 Å². The van der Waals surface area contributed by atoms with Crippen molar-refractivity contribution < 1.29 is 14.6 Å². The summed E-state index contributed by atoms with van der Waals surface area (Å²) in [5.74, 6) is 0.911. The first kappa shape index (κ1) is 15.0. The predicted molar refractivity (Wildman–Crippen MR) is 75.9 cm³/mol. The fourth-order valence-corrected chi connectivity index (χ4v) is 1.84. The first-order valence-corrected chi connectivity index (χ1v) is 7.08. The van der Waals surface area contributed by atoms with Gasteiger partial charge in [0, 0.05) is 18.3 Å². The van der Waals surface area contributed by atoms with Crippen LogP contribution in [0.5, 0.6) is 17.2 Å². The van der Waals surface area contributed by atoms with Crippen LogP contribution in [0.15, 0.2) is 12.1 Å². The first-order chi connectivity index (χ1) is 8.62. The molecule has 0 amide bonds. The van der Waals surface area contributed by atoms with Crippen molar-refractivity contribution in [1.82, 2.24) is 5.32 Å². The smallest absolute Gasteiger partial charge is 0.200 e. The van der Waals surface area contributed by atoms with Gasteiger partial charge in [-0.3, -0.25) is 0 Å². The molecule has 18 heavy (non-hydrogen) atoms. The van der Waals surface area contributed by atoms with Crippen molar-refractivity contribution in [2.24, 2.45) is 0 Å². The maximum absolute atomic E-state index is 9.79. The molecule has 0 bridgehead atoms. The number of aromatic hydroxyl groups is 1. The minimum absolute atomic E-state index is 0.0428. The highest BCUT2D eigenvalue weighted by atomic mass is 32.2. The molecule has 0 spiro atoms. The zero-order chi connectivity index (χ0) is 13.5. The Morgan fingerprint density at radius 2 is 1.83 bits per heavy atom. The van der Waals surface area contributed by atoms with Crippen LogP contribution in [0.25, 0.3) is 0 Å². The summed E-state index contributed by atoms with van der Waals surface area (Å²) in [5, 5.41) is 13.7. The molecular formula is C13H21NO3S. The summed E-state index contributed by atoms with van der Waals surface area (Å²) in [6.45, 7) is 3.83. The summed E-state index contributed by atoms with van der Waals surface area (Å²) >= 11 is 1.83. The van der Waals surface area contributed by atoms with E-state index in [1.165, 1.54) is 14.2 Å². The van der Waals surface area contributed by atoms with E-state index in [0.717, 1.165) is 18.7 Å². The lowest BCUT2D eigenvalue weighted by molar-refractivity contribution is 0.339. The van der Waals surface area contributed by atoms with Gasteiger partial charge in [-0.25, -0.2) is 0 Å². The van der Waals surface area contributed by atoms with E-state index in [-0.39, 0.29) is 5.75 Å². The maximum Gasteiger partial charge on any atom is 0.200 e. The summed E-state index contributed by atoms with van der Waals surface area (Å²) in [4.78, 5) is 0. The standard InChI is InChI=1S/C13H21NO3S/c1-9(18-4)7-14-8-10-5-11(16-2)13(15)12(6-10)17-3/h5-6,9,14-15H,7-8H2,1-4H3. The van der Waals surface area contributed by atoms with E-state index < -0.39 is 0 Å². The first-order valence-electron chi connectivity index (χ1n) is 5.79. The van der Waals surface area contributed by atoms with Crippen LogP contribution in [0.2, 0.25) is 0 Å². The van der Waals surface area contributed by atoms with Gasteiger partial charge in [0.05, 0.1) is 14.2 Å². The molecule has 1 atom stereocenters. The van der Waals surface area contributed by atoms with Crippen molar-refractivity contribution >= 4 is 11.8 Å². The van der Waals surface area contributed by atoms with Gasteiger partial charge in [-0.15, -0.1) is 0 Å². The van der Waals surface area contributed by atoms with Gasteiger partial charge in [0.15, 0.2) is 11.5 Å². The minimum atomic E-state index is 0.0428. The summed E-state index contributed by atoms with van der Waals surface area (Å²) in [7, 11) is 3.06. The molecule has 1 aromatic carbocycles. The number of phenols is 1. The van der Waals surface area contributed by atoms with E-state index in [2.05, 4.69) is 18.5 Å². The Morgan fingerprint density at radius 3 is 2.28 bits per heavy atom. The molecule has 1 unspecified atom stereocenters. The molecular weight excluding hydrogens is 250 g/mol. The Bertz CT molecular complexity index is 359. The summed E-state index contributed by atoms with van der Waals surface area (Å²) in [6, 6.07) is 3.63. The molecule has 0 radical (unpaired) electrons. The van der Waals surface area contributed by atoms with Crippen LogP contribution in [0, 0.1) is 0 Å². The highest BCUT2D eigenvalue weighted by molar-refractivity contribution is 7.99. The summed E-state index contributed by atoms with van der Waals surface area (Å²) < 4.78 is 10.2. The lowest BCUT2D eigenvalue weighted by atomic mass is 10.2. The molecule has 0 aliphatic rings. The van der Waals surface area contributed by atoms with Gasteiger partial charge in [0.1, 0.15) is 0 Å². The van der Waals surface area contributed by atoms with Gasteiger partial charge in [0.2, 0.25) is 5.75 Å². The maximum atomic E-state index is 9.79. The Balaban J connectivity index is 2.71. The highest BCUT2D eigenvalue weighted by Gasteiger charge is 2.11.